The second kappa shape index (κ2) is 9.37. The topological polar surface area (TPSA) is 46.6 Å². The summed E-state index contributed by atoms with van der Waals surface area (Å²) < 4.78 is 4.65. The number of esters is 1. The molecule has 132 valence electrons. The maximum absolute atomic E-state index is 12.4. The molecule has 1 aromatic rings. The molecule has 6 heteroatoms. The first-order valence-corrected chi connectivity index (χ1v) is 10.1. The number of ether oxygens (including phenoxy) is 1. The molecule has 1 unspecified atom stereocenters. The molecule has 1 fully saturated rings. The highest BCUT2D eigenvalue weighted by atomic mass is 32.2. The summed E-state index contributed by atoms with van der Waals surface area (Å²) in [6, 6.07) is 8.27. The van der Waals surface area contributed by atoms with E-state index < -0.39 is 0 Å². The summed E-state index contributed by atoms with van der Waals surface area (Å²) in [7, 11) is 1.40. The third kappa shape index (κ3) is 6.06. The van der Waals surface area contributed by atoms with Crippen LogP contribution in [0.3, 0.4) is 0 Å². The molecule has 0 radical (unpaired) electrons. The highest BCUT2D eigenvalue weighted by Crippen LogP contribution is 2.25. The lowest BCUT2D eigenvalue weighted by Crippen LogP contribution is -2.30. The first-order chi connectivity index (χ1) is 11.5. The predicted octanol–water partition coefficient (Wildman–Crippen LogP) is 3.24. The quantitative estimate of drug-likeness (QED) is 0.547. The normalized spacial score (nSPS) is 17.3. The molecule has 24 heavy (non-hydrogen) atoms. The molecule has 0 bridgehead atoms. The first kappa shape index (κ1) is 19.2. The van der Waals surface area contributed by atoms with Gasteiger partial charge in [-0.05, 0) is 24.1 Å². The molecule has 1 amide bonds. The number of nitrogens with zero attached hydrogens (tertiary/aromatic N) is 1. The van der Waals surface area contributed by atoms with Crippen molar-refractivity contribution in [2.45, 2.75) is 42.1 Å². The summed E-state index contributed by atoms with van der Waals surface area (Å²) in [4.78, 5) is 26.8. The van der Waals surface area contributed by atoms with Crippen LogP contribution in [-0.4, -0.2) is 53.2 Å². The van der Waals surface area contributed by atoms with Gasteiger partial charge in [-0.15, -0.1) is 23.5 Å². The van der Waals surface area contributed by atoms with Gasteiger partial charge in [-0.1, -0.05) is 26.0 Å². The molecular weight excluding hydrogens is 342 g/mol. The SMILES string of the molecule is COC(=O)CSC1CCN(C(=O)Cc2ccc(SC(C)C)cc2)C1. The summed E-state index contributed by atoms with van der Waals surface area (Å²) in [5.74, 6) is 0.322. The Hall–Kier alpha value is -1.14. The van der Waals surface area contributed by atoms with Crippen molar-refractivity contribution in [2.75, 3.05) is 26.0 Å². The maximum atomic E-state index is 12.4. The summed E-state index contributed by atoms with van der Waals surface area (Å²) in [6.45, 7) is 5.84. The highest BCUT2D eigenvalue weighted by molar-refractivity contribution is 8.00. The van der Waals surface area contributed by atoms with E-state index in [2.05, 4.69) is 30.7 Å². The molecule has 1 aliphatic rings. The van der Waals surface area contributed by atoms with Crippen molar-refractivity contribution in [1.29, 1.82) is 0 Å². The summed E-state index contributed by atoms with van der Waals surface area (Å²) in [5.41, 5.74) is 1.05. The lowest BCUT2D eigenvalue weighted by atomic mass is 10.1. The number of hydrogen-bond acceptors (Lipinski definition) is 5. The van der Waals surface area contributed by atoms with E-state index in [1.807, 2.05) is 28.8 Å². The third-order valence-electron chi connectivity index (χ3n) is 3.81. The smallest absolute Gasteiger partial charge is 0.315 e. The average Bonchev–Trinajstić information content (AvgIpc) is 3.03. The second-order valence-corrected chi connectivity index (χ2v) is 9.06. The molecular formula is C18H25NO3S2. The lowest BCUT2D eigenvalue weighted by Gasteiger charge is -2.16. The van der Waals surface area contributed by atoms with Gasteiger partial charge < -0.3 is 9.64 Å². The monoisotopic (exact) mass is 367 g/mol. The van der Waals surface area contributed by atoms with Gasteiger partial charge in [0.05, 0.1) is 19.3 Å². The molecule has 1 atom stereocenters. The van der Waals surface area contributed by atoms with Crippen LogP contribution >= 0.6 is 23.5 Å². The van der Waals surface area contributed by atoms with Crippen LogP contribution in [0, 0.1) is 0 Å². The number of methoxy groups -OCH3 is 1. The van der Waals surface area contributed by atoms with Crippen molar-refractivity contribution in [3.05, 3.63) is 29.8 Å². The van der Waals surface area contributed by atoms with E-state index in [4.69, 9.17) is 0 Å². The molecule has 1 heterocycles. The number of rotatable bonds is 7. The van der Waals surface area contributed by atoms with Crippen LogP contribution in [0.15, 0.2) is 29.2 Å². The molecule has 2 rings (SSSR count). The zero-order chi connectivity index (χ0) is 17.5. The van der Waals surface area contributed by atoms with Crippen molar-refractivity contribution in [3.63, 3.8) is 0 Å². The fourth-order valence-electron chi connectivity index (χ4n) is 2.58. The number of likely N-dealkylation sites (tertiary alicyclic amines) is 1. The van der Waals surface area contributed by atoms with Gasteiger partial charge in [0, 0.05) is 28.5 Å². The largest absolute Gasteiger partial charge is 0.468 e. The third-order valence-corrected chi connectivity index (χ3v) is 6.09. The Morgan fingerprint density at radius 1 is 1.29 bits per heavy atom. The second-order valence-electron chi connectivity index (χ2n) is 6.12. The van der Waals surface area contributed by atoms with E-state index in [1.165, 1.54) is 12.0 Å². The molecule has 1 saturated heterocycles. The molecule has 1 aromatic carbocycles. The van der Waals surface area contributed by atoms with E-state index in [1.54, 1.807) is 11.8 Å². The zero-order valence-corrected chi connectivity index (χ0v) is 16.1. The summed E-state index contributed by atoms with van der Waals surface area (Å²) in [5, 5.41) is 0.888. The average molecular weight is 368 g/mol. The Bertz CT molecular complexity index is 560. The van der Waals surface area contributed by atoms with Crippen molar-refractivity contribution < 1.29 is 14.3 Å². The minimum atomic E-state index is -0.205. The van der Waals surface area contributed by atoms with E-state index in [-0.39, 0.29) is 11.9 Å². The van der Waals surface area contributed by atoms with E-state index >= 15 is 0 Å². The van der Waals surface area contributed by atoms with E-state index in [0.717, 1.165) is 25.1 Å². The number of amides is 1. The number of thioether (sulfide) groups is 2. The first-order valence-electron chi connectivity index (χ1n) is 8.19. The number of benzene rings is 1. The van der Waals surface area contributed by atoms with Crippen molar-refractivity contribution in [2.24, 2.45) is 0 Å². The minimum absolute atomic E-state index is 0.167. The van der Waals surface area contributed by atoms with Crippen molar-refractivity contribution in [1.82, 2.24) is 4.90 Å². The van der Waals surface area contributed by atoms with Gasteiger partial charge >= 0.3 is 5.97 Å². The lowest BCUT2D eigenvalue weighted by molar-refractivity contribution is -0.137. The Balaban J connectivity index is 1.79. The molecule has 0 aliphatic carbocycles. The van der Waals surface area contributed by atoms with Crippen LogP contribution in [0.1, 0.15) is 25.8 Å². The van der Waals surface area contributed by atoms with Crippen LogP contribution < -0.4 is 0 Å². The summed E-state index contributed by atoms with van der Waals surface area (Å²) in [6.07, 6.45) is 1.39. The van der Waals surface area contributed by atoms with Gasteiger partial charge in [0.1, 0.15) is 0 Å². The van der Waals surface area contributed by atoms with Crippen LogP contribution in [-0.2, 0) is 20.7 Å². The van der Waals surface area contributed by atoms with Gasteiger partial charge in [0.25, 0.3) is 0 Å². The number of carbonyl (C=O) groups excluding carboxylic acids is 2. The molecule has 0 saturated carbocycles. The maximum Gasteiger partial charge on any atom is 0.315 e. The Labute approximate surface area is 152 Å². The number of carbonyl (C=O) groups is 2. The van der Waals surface area contributed by atoms with E-state index in [0.29, 0.717) is 22.7 Å². The minimum Gasteiger partial charge on any atom is -0.468 e. The Morgan fingerprint density at radius 2 is 2.00 bits per heavy atom. The van der Waals surface area contributed by atoms with Gasteiger partial charge in [0.2, 0.25) is 5.91 Å². The van der Waals surface area contributed by atoms with Crippen LogP contribution in [0.2, 0.25) is 0 Å². The fraction of sp³-hybridized carbons (Fsp3) is 0.556. The Kier molecular flexibility index (Phi) is 7.49. The molecule has 4 nitrogen and oxygen atoms in total. The standard InChI is InChI=1S/C18H25NO3S2/c1-13(2)24-15-6-4-14(5-7-15)10-17(20)19-9-8-16(11-19)23-12-18(21)22-3/h4-7,13,16H,8-12H2,1-3H3. The highest BCUT2D eigenvalue weighted by Gasteiger charge is 2.27. The predicted molar refractivity (Wildman–Crippen MR) is 101 cm³/mol. The fourth-order valence-corrected chi connectivity index (χ4v) is 4.46. The van der Waals surface area contributed by atoms with Crippen LogP contribution in [0.5, 0.6) is 0 Å². The zero-order valence-electron chi connectivity index (χ0n) is 14.5. The van der Waals surface area contributed by atoms with Gasteiger partial charge in [0.15, 0.2) is 0 Å². The molecule has 1 aliphatic heterocycles. The van der Waals surface area contributed by atoms with Gasteiger partial charge in [-0.3, -0.25) is 9.59 Å². The van der Waals surface area contributed by atoms with E-state index in [9.17, 15) is 9.59 Å². The van der Waals surface area contributed by atoms with Gasteiger partial charge in [-0.2, -0.15) is 0 Å². The van der Waals surface area contributed by atoms with Crippen LogP contribution in [0.4, 0.5) is 0 Å². The Morgan fingerprint density at radius 3 is 2.62 bits per heavy atom. The molecule has 0 aromatic heterocycles. The number of hydrogen-bond donors (Lipinski definition) is 0. The van der Waals surface area contributed by atoms with Crippen molar-refractivity contribution in [3.8, 4) is 0 Å². The summed E-state index contributed by atoms with van der Waals surface area (Å²) >= 11 is 3.41. The molecule has 0 spiro atoms. The molecule has 0 N–H and O–H groups in total. The van der Waals surface area contributed by atoms with Gasteiger partial charge in [-0.25, -0.2) is 0 Å². The van der Waals surface area contributed by atoms with Crippen LogP contribution in [0.25, 0.3) is 0 Å². The van der Waals surface area contributed by atoms with Crippen molar-refractivity contribution >= 4 is 35.4 Å².